The van der Waals surface area contributed by atoms with Gasteiger partial charge in [-0.05, 0) is 18.6 Å². The number of halogens is 1. The van der Waals surface area contributed by atoms with Gasteiger partial charge in [0.2, 0.25) is 0 Å². The Morgan fingerprint density at radius 3 is 2.53 bits per heavy atom. The summed E-state index contributed by atoms with van der Waals surface area (Å²) in [4.78, 5) is 29.3. The number of carboxylic acids is 1. The van der Waals surface area contributed by atoms with Crippen LogP contribution in [0.25, 0.3) is 5.65 Å². The highest BCUT2D eigenvalue weighted by atomic mass is 19.1. The molecule has 2 heterocycles. The molecule has 2 aromatic heterocycles. The number of benzene rings is 2. The van der Waals surface area contributed by atoms with E-state index < -0.39 is 23.7 Å². The molecule has 0 aliphatic carbocycles. The summed E-state index contributed by atoms with van der Waals surface area (Å²) < 4.78 is 21.1. The van der Waals surface area contributed by atoms with Crippen molar-refractivity contribution in [2.75, 3.05) is 6.61 Å². The van der Waals surface area contributed by atoms with E-state index in [2.05, 4.69) is 10.3 Å². The molecule has 9 heteroatoms. The maximum Gasteiger partial charge on any atom is 0.337 e. The molecule has 1 amide bonds. The molecule has 1 atom stereocenters. The predicted molar refractivity (Wildman–Crippen MR) is 121 cm³/mol. The summed E-state index contributed by atoms with van der Waals surface area (Å²) in [5.41, 5.74) is 1.51. The van der Waals surface area contributed by atoms with E-state index in [4.69, 9.17) is 4.74 Å². The van der Waals surface area contributed by atoms with Crippen LogP contribution in [0.4, 0.5) is 4.39 Å². The third kappa shape index (κ3) is 4.60. The van der Waals surface area contributed by atoms with Crippen LogP contribution >= 0.6 is 0 Å². The Balaban J connectivity index is 1.72. The Bertz CT molecular complexity index is 1350. The van der Waals surface area contributed by atoms with Gasteiger partial charge in [0, 0.05) is 17.8 Å². The lowest BCUT2D eigenvalue weighted by Gasteiger charge is -2.17. The summed E-state index contributed by atoms with van der Waals surface area (Å²) in [5, 5.41) is 22.2. The average Bonchev–Trinajstić information content (AvgIpc) is 3.18. The number of imidazole rings is 1. The topological polar surface area (TPSA) is 113 Å². The summed E-state index contributed by atoms with van der Waals surface area (Å²) >= 11 is 0. The highest BCUT2D eigenvalue weighted by molar-refractivity contribution is 5.96. The van der Waals surface area contributed by atoms with E-state index in [1.165, 1.54) is 22.7 Å². The fourth-order valence-electron chi connectivity index (χ4n) is 3.64. The largest absolute Gasteiger partial charge is 0.485 e. The van der Waals surface area contributed by atoms with Crippen molar-refractivity contribution in [3.63, 3.8) is 0 Å². The first kappa shape index (κ1) is 22.9. The Morgan fingerprint density at radius 2 is 1.85 bits per heavy atom. The molecule has 0 unspecified atom stereocenters. The van der Waals surface area contributed by atoms with Crippen molar-refractivity contribution in [2.24, 2.45) is 0 Å². The van der Waals surface area contributed by atoms with Crippen molar-refractivity contribution in [3.8, 4) is 5.75 Å². The van der Waals surface area contributed by atoms with Crippen LogP contribution in [-0.4, -0.2) is 38.1 Å². The van der Waals surface area contributed by atoms with E-state index in [0.29, 0.717) is 11.3 Å². The van der Waals surface area contributed by atoms with Crippen molar-refractivity contribution in [2.45, 2.75) is 19.6 Å². The number of aliphatic hydroxyl groups is 1. The van der Waals surface area contributed by atoms with E-state index in [0.717, 1.165) is 0 Å². The number of fused-ring (bicyclic) bond motifs is 1. The molecule has 8 nitrogen and oxygen atoms in total. The number of carbonyl (C=O) groups is 2. The second-order valence-electron chi connectivity index (χ2n) is 7.64. The van der Waals surface area contributed by atoms with Crippen LogP contribution < -0.4 is 10.1 Å². The number of carboxylic acid groups (broad SMARTS) is 1. The number of amides is 1. The number of rotatable bonds is 8. The minimum absolute atomic E-state index is 0.0899. The number of pyridine rings is 1. The van der Waals surface area contributed by atoms with Gasteiger partial charge in [-0.1, -0.05) is 48.5 Å². The molecule has 0 saturated heterocycles. The monoisotopic (exact) mass is 463 g/mol. The zero-order valence-electron chi connectivity index (χ0n) is 18.2. The van der Waals surface area contributed by atoms with Gasteiger partial charge in [0.25, 0.3) is 5.91 Å². The van der Waals surface area contributed by atoms with Gasteiger partial charge in [-0.15, -0.1) is 0 Å². The summed E-state index contributed by atoms with van der Waals surface area (Å²) in [6.07, 6.45) is 1.28. The zero-order valence-corrected chi connectivity index (χ0v) is 18.2. The van der Waals surface area contributed by atoms with Crippen molar-refractivity contribution >= 4 is 17.5 Å². The molecule has 4 aromatic rings. The van der Waals surface area contributed by atoms with E-state index >= 15 is 0 Å². The fourth-order valence-corrected chi connectivity index (χ4v) is 3.64. The van der Waals surface area contributed by atoms with Crippen molar-refractivity contribution in [1.82, 2.24) is 14.7 Å². The fraction of sp³-hybridized carbons (Fsp3) is 0.160. The van der Waals surface area contributed by atoms with E-state index in [1.54, 1.807) is 49.4 Å². The lowest BCUT2D eigenvalue weighted by atomic mass is 10.1. The quantitative estimate of drug-likeness (QED) is 0.369. The molecular weight excluding hydrogens is 441 g/mol. The van der Waals surface area contributed by atoms with E-state index in [9.17, 15) is 24.2 Å². The standard InChI is InChI=1S/C25H22FN3O5/c1-15-22(24(31)28-20(13-30)16-7-3-2-4-8-16)29-12-18(25(32)33)11-21(23(29)27-15)34-14-17-9-5-6-10-19(17)26/h2-12,20,30H,13-14H2,1H3,(H,28,31)(H,32,33)/t20-/m0/s1. The Hall–Kier alpha value is -4.24. The van der Waals surface area contributed by atoms with Gasteiger partial charge in [-0.2, -0.15) is 0 Å². The highest BCUT2D eigenvalue weighted by Crippen LogP contribution is 2.26. The van der Waals surface area contributed by atoms with Crippen LogP contribution in [0, 0.1) is 12.7 Å². The molecule has 0 radical (unpaired) electrons. The van der Waals surface area contributed by atoms with Gasteiger partial charge in [0.1, 0.15) is 18.1 Å². The minimum Gasteiger partial charge on any atom is -0.485 e. The Morgan fingerprint density at radius 1 is 1.15 bits per heavy atom. The van der Waals surface area contributed by atoms with Gasteiger partial charge in [-0.25, -0.2) is 14.2 Å². The lowest BCUT2D eigenvalue weighted by molar-refractivity contribution is 0.0695. The first-order valence-electron chi connectivity index (χ1n) is 10.5. The molecule has 0 fully saturated rings. The van der Waals surface area contributed by atoms with E-state index in [-0.39, 0.29) is 41.4 Å². The van der Waals surface area contributed by atoms with E-state index in [1.807, 2.05) is 6.07 Å². The number of hydrogen-bond acceptors (Lipinski definition) is 5. The number of carbonyl (C=O) groups excluding carboxylic acids is 1. The summed E-state index contributed by atoms with van der Waals surface area (Å²) in [5.74, 6) is -2.14. The summed E-state index contributed by atoms with van der Waals surface area (Å²) in [6.45, 7) is 1.13. The van der Waals surface area contributed by atoms with Crippen LogP contribution in [0.5, 0.6) is 5.75 Å². The van der Waals surface area contributed by atoms with Gasteiger partial charge in [-0.3, -0.25) is 9.20 Å². The molecule has 0 aliphatic rings. The summed E-state index contributed by atoms with van der Waals surface area (Å²) in [6, 6.07) is 15.7. The predicted octanol–water partition coefficient (Wildman–Crippen LogP) is 3.52. The molecule has 0 aliphatic heterocycles. The molecule has 3 N–H and O–H groups in total. The van der Waals surface area contributed by atoms with Gasteiger partial charge >= 0.3 is 5.97 Å². The number of aliphatic hydroxyl groups excluding tert-OH is 1. The first-order valence-corrected chi connectivity index (χ1v) is 10.5. The van der Waals surface area contributed by atoms with Crippen molar-refractivity contribution in [3.05, 3.63) is 101 Å². The Labute approximate surface area is 194 Å². The summed E-state index contributed by atoms with van der Waals surface area (Å²) in [7, 11) is 0. The molecule has 174 valence electrons. The van der Waals surface area contributed by atoms with Gasteiger partial charge in [0.15, 0.2) is 11.4 Å². The van der Waals surface area contributed by atoms with Crippen molar-refractivity contribution in [1.29, 1.82) is 0 Å². The lowest BCUT2D eigenvalue weighted by Crippen LogP contribution is -2.32. The maximum atomic E-state index is 14.0. The SMILES string of the molecule is Cc1nc2c(OCc3ccccc3F)cc(C(=O)O)cn2c1C(=O)N[C@@H](CO)c1ccccc1. The average molecular weight is 463 g/mol. The van der Waals surface area contributed by atoms with Crippen molar-refractivity contribution < 1.29 is 28.9 Å². The molecule has 0 saturated carbocycles. The van der Waals surface area contributed by atoms with Crippen LogP contribution in [0.15, 0.2) is 66.9 Å². The van der Waals surface area contributed by atoms with Crippen LogP contribution in [-0.2, 0) is 6.61 Å². The number of ether oxygens (including phenoxy) is 1. The molecule has 4 rings (SSSR count). The normalized spacial score (nSPS) is 11.9. The number of nitrogens with zero attached hydrogens (tertiary/aromatic N) is 2. The number of aromatic nitrogens is 2. The third-order valence-electron chi connectivity index (χ3n) is 5.35. The second kappa shape index (κ2) is 9.72. The number of nitrogens with one attached hydrogen (secondary N) is 1. The Kier molecular flexibility index (Phi) is 6.55. The molecule has 0 spiro atoms. The highest BCUT2D eigenvalue weighted by Gasteiger charge is 2.24. The molecule has 0 bridgehead atoms. The van der Waals surface area contributed by atoms with Gasteiger partial charge < -0.3 is 20.3 Å². The minimum atomic E-state index is -1.23. The smallest absolute Gasteiger partial charge is 0.337 e. The zero-order chi connectivity index (χ0) is 24.2. The molecule has 2 aromatic carbocycles. The number of hydrogen-bond donors (Lipinski definition) is 3. The molecule has 34 heavy (non-hydrogen) atoms. The maximum absolute atomic E-state index is 14.0. The van der Waals surface area contributed by atoms with Gasteiger partial charge in [0.05, 0.1) is 23.9 Å². The third-order valence-corrected chi connectivity index (χ3v) is 5.35. The molecular formula is C25H22FN3O5. The van der Waals surface area contributed by atoms with Crippen LogP contribution in [0.1, 0.15) is 43.7 Å². The van der Waals surface area contributed by atoms with Crippen LogP contribution in [0.2, 0.25) is 0 Å². The number of aryl methyl sites for hydroxylation is 1. The van der Waals surface area contributed by atoms with Crippen LogP contribution in [0.3, 0.4) is 0 Å². The number of aromatic carboxylic acids is 1. The first-order chi connectivity index (χ1) is 16.4. The second-order valence-corrected chi connectivity index (χ2v) is 7.64.